The van der Waals surface area contributed by atoms with Crippen LogP contribution in [-0.4, -0.2) is 11.9 Å². The minimum atomic E-state index is -0.580. The van der Waals surface area contributed by atoms with Crippen LogP contribution in [0.4, 0.5) is 8.78 Å². The summed E-state index contributed by atoms with van der Waals surface area (Å²) in [6, 6.07) is 2.52. The summed E-state index contributed by atoms with van der Waals surface area (Å²) in [5, 5.41) is 2.77. The third kappa shape index (κ3) is 4.00. The van der Waals surface area contributed by atoms with Gasteiger partial charge in [-0.15, -0.1) is 0 Å². The molecular weight excluding hydrogens is 274 g/mol. The van der Waals surface area contributed by atoms with E-state index in [1.807, 2.05) is 0 Å². The van der Waals surface area contributed by atoms with Gasteiger partial charge >= 0.3 is 0 Å². The van der Waals surface area contributed by atoms with Crippen LogP contribution in [-0.2, 0) is 4.79 Å². The average Bonchev–Trinajstić information content (AvgIpc) is 2.66. The number of nitrogens with one attached hydrogen (secondary N) is 1. The lowest BCUT2D eigenvalue weighted by Gasteiger charge is -2.23. The lowest BCUT2D eigenvalue weighted by Crippen LogP contribution is -2.42. The predicted octanol–water partition coefficient (Wildman–Crippen LogP) is 3.05. The normalized spacial score (nSPS) is 24.2. The second-order valence-corrected chi connectivity index (χ2v) is 5.80. The number of carbonyl (C=O) groups excluding carboxylic acids is 1. The van der Waals surface area contributed by atoms with Gasteiger partial charge in [-0.05, 0) is 38.0 Å². The zero-order valence-corrected chi connectivity index (χ0v) is 12.2. The fourth-order valence-corrected chi connectivity index (χ4v) is 2.91. The minimum Gasteiger partial charge on any atom is -0.349 e. The van der Waals surface area contributed by atoms with Crippen molar-refractivity contribution in [3.05, 3.63) is 35.4 Å². The molecule has 3 nitrogen and oxygen atoms in total. The van der Waals surface area contributed by atoms with Crippen molar-refractivity contribution in [1.82, 2.24) is 5.32 Å². The second-order valence-electron chi connectivity index (χ2n) is 5.80. The maximum absolute atomic E-state index is 13.7. The molecule has 3 unspecified atom stereocenters. The Kier molecular flexibility index (Phi) is 5.28. The largest absolute Gasteiger partial charge is 0.349 e. The van der Waals surface area contributed by atoms with Gasteiger partial charge in [0.1, 0.15) is 11.6 Å². The second kappa shape index (κ2) is 6.98. The Balaban J connectivity index is 2.05. The van der Waals surface area contributed by atoms with E-state index < -0.39 is 17.7 Å². The van der Waals surface area contributed by atoms with Crippen molar-refractivity contribution in [3.63, 3.8) is 0 Å². The van der Waals surface area contributed by atoms with Crippen molar-refractivity contribution in [3.8, 4) is 0 Å². The lowest BCUT2D eigenvalue weighted by molar-refractivity contribution is -0.126. The molecule has 2 rings (SSSR count). The highest BCUT2D eigenvalue weighted by molar-refractivity contribution is 5.79. The van der Waals surface area contributed by atoms with Gasteiger partial charge in [-0.25, -0.2) is 8.78 Å². The maximum Gasteiger partial charge on any atom is 0.225 e. The highest BCUT2D eigenvalue weighted by Crippen LogP contribution is 2.24. The first-order valence-electron chi connectivity index (χ1n) is 7.50. The first-order chi connectivity index (χ1) is 9.99. The van der Waals surface area contributed by atoms with Gasteiger partial charge in [-0.1, -0.05) is 19.3 Å². The van der Waals surface area contributed by atoms with E-state index in [9.17, 15) is 13.6 Å². The number of carbonyl (C=O) groups is 1. The van der Waals surface area contributed by atoms with E-state index in [4.69, 9.17) is 5.73 Å². The molecule has 21 heavy (non-hydrogen) atoms. The summed E-state index contributed by atoms with van der Waals surface area (Å²) in [7, 11) is 0. The molecule has 1 aliphatic rings. The molecular formula is C16H22F2N2O. The van der Waals surface area contributed by atoms with Gasteiger partial charge in [-0.2, -0.15) is 0 Å². The Morgan fingerprint density at radius 1 is 1.29 bits per heavy atom. The molecule has 0 radical (unpaired) electrons. The summed E-state index contributed by atoms with van der Waals surface area (Å²) >= 11 is 0. The molecule has 1 saturated carbocycles. The molecule has 0 bridgehead atoms. The molecule has 1 aromatic carbocycles. The van der Waals surface area contributed by atoms with Gasteiger partial charge in [0.2, 0.25) is 5.91 Å². The first kappa shape index (κ1) is 15.9. The van der Waals surface area contributed by atoms with E-state index in [-0.39, 0.29) is 23.4 Å². The van der Waals surface area contributed by atoms with E-state index in [0.29, 0.717) is 0 Å². The number of rotatable bonds is 3. The molecule has 1 amide bonds. The number of benzene rings is 1. The standard InChI is InChI=1S/C16H22F2N2O/c1-10(13-9-11(17)7-8-14(13)18)20-16(21)12-5-3-2-4-6-15(12)19/h7-10,12,15H,2-6,19H2,1H3,(H,20,21). The zero-order chi connectivity index (χ0) is 15.4. The molecule has 3 atom stereocenters. The summed E-state index contributed by atoms with van der Waals surface area (Å²) < 4.78 is 26.9. The van der Waals surface area contributed by atoms with Crippen LogP contribution in [0, 0.1) is 17.6 Å². The Morgan fingerprint density at radius 2 is 2.00 bits per heavy atom. The highest BCUT2D eigenvalue weighted by atomic mass is 19.1. The lowest BCUT2D eigenvalue weighted by atomic mass is 9.94. The van der Waals surface area contributed by atoms with Crippen LogP contribution in [0.25, 0.3) is 0 Å². The maximum atomic E-state index is 13.7. The van der Waals surface area contributed by atoms with Gasteiger partial charge < -0.3 is 11.1 Å². The van der Waals surface area contributed by atoms with Crippen LogP contribution in [0.5, 0.6) is 0 Å². The van der Waals surface area contributed by atoms with Crippen molar-refractivity contribution in [2.45, 2.75) is 51.1 Å². The van der Waals surface area contributed by atoms with E-state index in [1.54, 1.807) is 6.92 Å². The average molecular weight is 296 g/mol. The quantitative estimate of drug-likeness (QED) is 0.842. The molecule has 0 aliphatic heterocycles. The van der Waals surface area contributed by atoms with Crippen molar-refractivity contribution in [1.29, 1.82) is 0 Å². The summed E-state index contributed by atoms with van der Waals surface area (Å²) in [6.07, 6.45) is 4.70. The van der Waals surface area contributed by atoms with Crippen molar-refractivity contribution < 1.29 is 13.6 Å². The molecule has 0 aromatic heterocycles. The SMILES string of the molecule is CC(NC(=O)C1CCCCCC1N)c1cc(F)ccc1F. The number of halogens is 2. The molecule has 1 aromatic rings. The fraction of sp³-hybridized carbons (Fsp3) is 0.562. The Bertz CT molecular complexity index is 507. The van der Waals surface area contributed by atoms with Crippen LogP contribution < -0.4 is 11.1 Å². The molecule has 0 saturated heterocycles. The Labute approximate surface area is 123 Å². The van der Waals surface area contributed by atoms with Crippen LogP contribution in [0.2, 0.25) is 0 Å². The molecule has 1 fully saturated rings. The summed E-state index contributed by atoms with van der Waals surface area (Å²) in [4.78, 5) is 12.3. The van der Waals surface area contributed by atoms with Crippen LogP contribution in [0.15, 0.2) is 18.2 Å². The van der Waals surface area contributed by atoms with Crippen LogP contribution >= 0.6 is 0 Å². The first-order valence-corrected chi connectivity index (χ1v) is 7.50. The highest BCUT2D eigenvalue weighted by Gasteiger charge is 2.28. The third-order valence-corrected chi connectivity index (χ3v) is 4.19. The predicted molar refractivity (Wildman–Crippen MR) is 77.5 cm³/mol. The molecule has 1 aliphatic carbocycles. The molecule has 3 N–H and O–H groups in total. The summed E-state index contributed by atoms with van der Waals surface area (Å²) in [6.45, 7) is 1.65. The molecule has 116 valence electrons. The molecule has 5 heteroatoms. The van der Waals surface area contributed by atoms with E-state index in [0.717, 1.165) is 50.3 Å². The molecule has 0 heterocycles. The van der Waals surface area contributed by atoms with Crippen molar-refractivity contribution in [2.75, 3.05) is 0 Å². The van der Waals surface area contributed by atoms with Gasteiger partial charge in [0.05, 0.1) is 12.0 Å². The fourth-order valence-electron chi connectivity index (χ4n) is 2.91. The van der Waals surface area contributed by atoms with Gasteiger partial charge in [-0.3, -0.25) is 4.79 Å². The van der Waals surface area contributed by atoms with E-state index in [2.05, 4.69) is 5.32 Å². The van der Waals surface area contributed by atoms with Gasteiger partial charge in [0.15, 0.2) is 0 Å². The smallest absolute Gasteiger partial charge is 0.225 e. The van der Waals surface area contributed by atoms with Gasteiger partial charge in [0, 0.05) is 11.6 Å². The topological polar surface area (TPSA) is 55.1 Å². The third-order valence-electron chi connectivity index (χ3n) is 4.19. The van der Waals surface area contributed by atoms with Crippen LogP contribution in [0.3, 0.4) is 0 Å². The van der Waals surface area contributed by atoms with E-state index in [1.165, 1.54) is 0 Å². The van der Waals surface area contributed by atoms with Crippen LogP contribution in [0.1, 0.15) is 50.6 Å². The zero-order valence-electron chi connectivity index (χ0n) is 12.2. The van der Waals surface area contributed by atoms with Crippen molar-refractivity contribution >= 4 is 5.91 Å². The number of hydrogen-bond donors (Lipinski definition) is 2. The Morgan fingerprint density at radius 3 is 2.76 bits per heavy atom. The number of amides is 1. The molecule has 0 spiro atoms. The van der Waals surface area contributed by atoms with Crippen molar-refractivity contribution in [2.24, 2.45) is 11.7 Å². The monoisotopic (exact) mass is 296 g/mol. The number of hydrogen-bond acceptors (Lipinski definition) is 2. The van der Waals surface area contributed by atoms with E-state index >= 15 is 0 Å². The minimum absolute atomic E-state index is 0.156. The Hall–Kier alpha value is -1.49. The summed E-state index contributed by atoms with van der Waals surface area (Å²) in [5.74, 6) is -1.44. The number of nitrogens with two attached hydrogens (primary N) is 1. The summed E-state index contributed by atoms with van der Waals surface area (Å²) in [5.41, 5.74) is 6.21. The van der Waals surface area contributed by atoms with Gasteiger partial charge in [0.25, 0.3) is 0 Å².